The van der Waals surface area contributed by atoms with Gasteiger partial charge in [0.25, 0.3) is 0 Å². The van der Waals surface area contributed by atoms with Gasteiger partial charge in [0, 0.05) is 0 Å². The first-order valence-electron chi connectivity index (χ1n) is 1.71. The van der Waals surface area contributed by atoms with Crippen LogP contribution in [0.1, 0.15) is 0 Å². The minimum Gasteiger partial charge on any atom is -1.00 e. The zero-order valence-electron chi connectivity index (χ0n) is 5.12. The van der Waals surface area contributed by atoms with Crippen LogP contribution in [-0.2, 0) is 0 Å². The van der Waals surface area contributed by atoms with Crippen LogP contribution in [0.5, 0.6) is 0 Å². The number of aliphatic hydroxyl groups is 3. The van der Waals surface area contributed by atoms with Gasteiger partial charge in [-0.15, -0.1) is 24.0 Å². The van der Waals surface area contributed by atoms with Crippen LogP contribution in [0.15, 0.2) is 0 Å². The molecular weight excluding hydrogens is 377 g/mol. The van der Waals surface area contributed by atoms with Crippen LogP contribution in [0.25, 0.3) is 0 Å². The first-order chi connectivity index (χ1) is 2.81. The third-order valence-electron chi connectivity index (χ3n) is 0.421. The van der Waals surface area contributed by atoms with Crippen LogP contribution in [-0.4, -0.2) is 34.6 Å². The van der Waals surface area contributed by atoms with Crippen molar-refractivity contribution in [3.8, 4) is 0 Å². The SMILES string of the molecule is I.OCC(O)CO.[I-].[K+]. The summed E-state index contributed by atoms with van der Waals surface area (Å²) in [5.41, 5.74) is 0. The molecule has 0 saturated carbocycles. The predicted octanol–water partition coefficient (Wildman–Crippen LogP) is -7.04. The predicted molar refractivity (Wildman–Crippen MR) is 35.6 cm³/mol. The van der Waals surface area contributed by atoms with E-state index in [2.05, 4.69) is 0 Å². The molecule has 0 rings (SSSR count). The number of hydrogen-bond acceptors (Lipinski definition) is 3. The second-order valence-corrected chi connectivity index (χ2v) is 1.02. The summed E-state index contributed by atoms with van der Waals surface area (Å²) >= 11 is 0. The van der Waals surface area contributed by atoms with E-state index in [9.17, 15) is 0 Å². The van der Waals surface area contributed by atoms with Gasteiger partial charge in [-0.05, 0) is 0 Å². The van der Waals surface area contributed by atoms with E-state index in [-0.39, 0.29) is 113 Å². The molecule has 0 aromatic heterocycles. The van der Waals surface area contributed by atoms with Crippen molar-refractivity contribution >= 4 is 24.0 Å². The number of rotatable bonds is 2. The average molecular weight is 386 g/mol. The van der Waals surface area contributed by atoms with Crippen molar-refractivity contribution < 1.29 is 90.7 Å². The van der Waals surface area contributed by atoms with Gasteiger partial charge in [0.15, 0.2) is 0 Å². The molecule has 0 amide bonds. The van der Waals surface area contributed by atoms with Gasteiger partial charge in [-0.1, -0.05) is 0 Å². The summed E-state index contributed by atoms with van der Waals surface area (Å²) in [6, 6.07) is 0. The summed E-state index contributed by atoms with van der Waals surface area (Å²) in [5.74, 6) is 0. The van der Waals surface area contributed by atoms with E-state index in [1.54, 1.807) is 0 Å². The molecule has 0 aromatic rings. The minimum atomic E-state index is -0.954. The Bertz CT molecular complexity index is 36.2. The Balaban J connectivity index is -0.0000000417. The summed E-state index contributed by atoms with van der Waals surface area (Å²) in [5, 5.41) is 24.0. The Hall–Kier alpha value is 2.98. The van der Waals surface area contributed by atoms with Crippen molar-refractivity contribution in [2.24, 2.45) is 0 Å². The van der Waals surface area contributed by atoms with Gasteiger partial charge < -0.3 is 39.3 Å². The van der Waals surface area contributed by atoms with Gasteiger partial charge in [0.05, 0.1) is 13.2 Å². The monoisotopic (exact) mass is 386 g/mol. The van der Waals surface area contributed by atoms with Gasteiger partial charge in [0.1, 0.15) is 6.10 Å². The van der Waals surface area contributed by atoms with Gasteiger partial charge in [0.2, 0.25) is 0 Å². The molecule has 6 heteroatoms. The molecule has 9 heavy (non-hydrogen) atoms. The van der Waals surface area contributed by atoms with Crippen LogP contribution in [0.4, 0.5) is 0 Å². The van der Waals surface area contributed by atoms with Crippen molar-refractivity contribution in [2.45, 2.75) is 6.10 Å². The Kier molecular flexibility index (Phi) is 43.3. The molecule has 0 radical (unpaired) electrons. The van der Waals surface area contributed by atoms with Gasteiger partial charge in [-0.25, -0.2) is 0 Å². The summed E-state index contributed by atoms with van der Waals surface area (Å²) < 4.78 is 0. The van der Waals surface area contributed by atoms with Crippen molar-refractivity contribution in [3.63, 3.8) is 0 Å². The smallest absolute Gasteiger partial charge is 1.00 e. The van der Waals surface area contributed by atoms with Gasteiger partial charge in [-0.3, -0.25) is 0 Å². The second kappa shape index (κ2) is 17.2. The normalized spacial score (nSPS) is 6.67. The molecule has 0 spiro atoms. The van der Waals surface area contributed by atoms with Crippen molar-refractivity contribution in [2.75, 3.05) is 13.2 Å². The molecule has 0 fully saturated rings. The fourth-order valence-electron chi connectivity index (χ4n) is 0.0577. The topological polar surface area (TPSA) is 60.7 Å². The molecule has 0 atom stereocenters. The van der Waals surface area contributed by atoms with E-state index in [0.29, 0.717) is 0 Å². The summed E-state index contributed by atoms with van der Waals surface area (Å²) in [7, 11) is 0. The van der Waals surface area contributed by atoms with Crippen LogP contribution in [0.2, 0.25) is 0 Å². The third-order valence-corrected chi connectivity index (χ3v) is 0.421. The Morgan fingerprint density at radius 3 is 1.33 bits per heavy atom. The van der Waals surface area contributed by atoms with E-state index in [4.69, 9.17) is 15.3 Å². The summed E-state index contributed by atoms with van der Waals surface area (Å²) in [6.45, 7) is -0.729. The molecule has 3 N–H and O–H groups in total. The van der Waals surface area contributed by atoms with Crippen LogP contribution in [0, 0.1) is 0 Å². The molecule has 0 heterocycles. The molecule has 54 valence electrons. The van der Waals surface area contributed by atoms with Crippen molar-refractivity contribution in [1.29, 1.82) is 0 Å². The first-order valence-corrected chi connectivity index (χ1v) is 1.71. The number of aliphatic hydroxyl groups excluding tert-OH is 3. The molecule has 0 aliphatic heterocycles. The Morgan fingerprint density at radius 1 is 1.11 bits per heavy atom. The Labute approximate surface area is 131 Å². The molecular formula is C3H9I2KO3. The molecule has 0 aromatic carbocycles. The van der Waals surface area contributed by atoms with E-state index in [0.717, 1.165) is 0 Å². The van der Waals surface area contributed by atoms with Crippen molar-refractivity contribution in [3.05, 3.63) is 0 Å². The standard InChI is InChI=1S/C3H8O3.2HI.K/c4-1-3(6)2-5;;;/h3-6H,1-2H2;2*1H;/q;;;+1/p-1. The average Bonchev–Trinajstić information content (AvgIpc) is 1.65. The fraction of sp³-hybridized carbons (Fsp3) is 1.00. The number of halogens is 2. The summed E-state index contributed by atoms with van der Waals surface area (Å²) in [4.78, 5) is 0. The van der Waals surface area contributed by atoms with E-state index < -0.39 is 6.10 Å². The molecule has 0 aliphatic rings. The third kappa shape index (κ3) is 18.2. The Morgan fingerprint density at radius 2 is 1.33 bits per heavy atom. The molecule has 0 bridgehead atoms. The maximum atomic E-state index is 8.17. The maximum absolute atomic E-state index is 8.17. The maximum Gasteiger partial charge on any atom is 1.00 e. The molecule has 0 aliphatic carbocycles. The quantitative estimate of drug-likeness (QED) is 0.327. The summed E-state index contributed by atoms with van der Waals surface area (Å²) in [6.07, 6.45) is -0.954. The zero-order chi connectivity index (χ0) is 4.99. The van der Waals surface area contributed by atoms with Gasteiger partial charge in [-0.2, -0.15) is 0 Å². The van der Waals surface area contributed by atoms with Gasteiger partial charge >= 0.3 is 51.4 Å². The van der Waals surface area contributed by atoms with E-state index in [1.807, 2.05) is 0 Å². The zero-order valence-corrected chi connectivity index (χ0v) is 12.7. The van der Waals surface area contributed by atoms with Crippen LogP contribution >= 0.6 is 24.0 Å². The van der Waals surface area contributed by atoms with E-state index in [1.165, 1.54) is 0 Å². The minimum absolute atomic E-state index is 0. The molecule has 0 saturated heterocycles. The second-order valence-electron chi connectivity index (χ2n) is 1.02. The van der Waals surface area contributed by atoms with Crippen LogP contribution < -0.4 is 75.4 Å². The fourth-order valence-corrected chi connectivity index (χ4v) is 0.0577. The van der Waals surface area contributed by atoms with Crippen LogP contribution in [0.3, 0.4) is 0 Å². The largest absolute Gasteiger partial charge is 1.00 e. The first kappa shape index (κ1) is 22.7. The number of hydrogen-bond donors (Lipinski definition) is 3. The van der Waals surface area contributed by atoms with Crippen molar-refractivity contribution in [1.82, 2.24) is 0 Å². The van der Waals surface area contributed by atoms with E-state index >= 15 is 0 Å². The molecule has 0 unspecified atom stereocenters. The molecule has 3 nitrogen and oxygen atoms in total.